The number of hydrogen-bond donors (Lipinski definition) is 3. The number of carbonyl (C=O) groups excluding carboxylic acids is 1. The molecule has 0 aromatic carbocycles. The minimum atomic E-state index is -0.194. The minimum absolute atomic E-state index is 0.0267. The topological polar surface area (TPSA) is 81.2 Å². The van der Waals surface area contributed by atoms with E-state index in [1.165, 1.54) is 16.9 Å². The Balaban J connectivity index is 1.87. The van der Waals surface area contributed by atoms with Gasteiger partial charge in [-0.3, -0.25) is 9.89 Å². The lowest BCUT2D eigenvalue weighted by Crippen LogP contribution is -2.44. The Morgan fingerprint density at radius 3 is 3.14 bits per heavy atom. The second-order valence-electron chi connectivity index (χ2n) is 5.48. The van der Waals surface area contributed by atoms with Gasteiger partial charge in [0.25, 0.3) is 5.91 Å². The van der Waals surface area contributed by atoms with E-state index in [4.69, 9.17) is 0 Å². The first-order valence-corrected chi connectivity index (χ1v) is 7.91. The fourth-order valence-corrected chi connectivity index (χ4v) is 4.45. The van der Waals surface area contributed by atoms with Crippen molar-refractivity contribution in [1.29, 1.82) is 0 Å². The van der Waals surface area contributed by atoms with Gasteiger partial charge in [0, 0.05) is 29.7 Å². The molecule has 0 saturated carbocycles. The molecule has 110 valence electrons. The zero-order chi connectivity index (χ0) is 14.4. The molecule has 0 saturated heterocycles. The molecule has 4 heterocycles. The molecule has 0 spiro atoms. The van der Waals surface area contributed by atoms with Crippen LogP contribution in [0.3, 0.4) is 0 Å². The van der Waals surface area contributed by atoms with Crippen molar-refractivity contribution in [2.45, 2.75) is 18.9 Å². The van der Waals surface area contributed by atoms with Crippen molar-refractivity contribution < 1.29 is 9.90 Å². The predicted molar refractivity (Wildman–Crippen MR) is 80.8 cm³/mol. The normalized spacial score (nSPS) is 20.9. The van der Waals surface area contributed by atoms with E-state index in [-0.39, 0.29) is 18.6 Å². The number of H-pyrrole nitrogens is 1. The summed E-state index contributed by atoms with van der Waals surface area (Å²) in [4.78, 5) is 16.6. The maximum Gasteiger partial charge on any atom is 0.263 e. The number of aromatic amines is 1. The Kier molecular flexibility index (Phi) is 2.97. The van der Waals surface area contributed by atoms with Gasteiger partial charge in [0.1, 0.15) is 4.88 Å². The van der Waals surface area contributed by atoms with E-state index in [0.29, 0.717) is 6.54 Å². The van der Waals surface area contributed by atoms with Gasteiger partial charge in [-0.05, 0) is 18.4 Å². The molecule has 0 unspecified atom stereocenters. The van der Waals surface area contributed by atoms with Crippen LogP contribution in [-0.2, 0) is 6.42 Å². The van der Waals surface area contributed by atoms with E-state index in [0.717, 1.165) is 40.4 Å². The lowest BCUT2D eigenvalue weighted by atomic mass is 10.00. The fourth-order valence-electron chi connectivity index (χ4n) is 3.19. The number of hydrogen-bond acceptors (Lipinski definition) is 5. The number of anilines is 1. The van der Waals surface area contributed by atoms with Crippen LogP contribution in [0.2, 0.25) is 0 Å². The summed E-state index contributed by atoms with van der Waals surface area (Å²) in [7, 11) is 0. The third-order valence-electron chi connectivity index (χ3n) is 4.11. The highest BCUT2D eigenvalue weighted by Gasteiger charge is 2.34. The number of nitrogens with zero attached hydrogens (tertiary/aromatic N) is 2. The van der Waals surface area contributed by atoms with E-state index in [2.05, 4.69) is 20.4 Å². The van der Waals surface area contributed by atoms with E-state index < -0.39 is 0 Å². The van der Waals surface area contributed by atoms with Crippen molar-refractivity contribution in [1.82, 2.24) is 15.5 Å². The number of aliphatic hydroxyl groups is 1. The average molecular weight is 304 g/mol. The Morgan fingerprint density at radius 1 is 1.48 bits per heavy atom. The van der Waals surface area contributed by atoms with Crippen LogP contribution in [0.25, 0.3) is 10.4 Å². The average Bonchev–Trinajstić information content (AvgIpc) is 3.10. The van der Waals surface area contributed by atoms with Gasteiger partial charge in [0.05, 0.1) is 24.5 Å². The Bertz CT molecular complexity index is 679. The molecule has 1 atom stereocenters. The van der Waals surface area contributed by atoms with Gasteiger partial charge in [0.15, 0.2) is 0 Å². The molecule has 0 radical (unpaired) electrons. The first kappa shape index (κ1) is 12.8. The predicted octanol–water partition coefficient (Wildman–Crippen LogP) is 0.995. The molecule has 0 bridgehead atoms. The molecule has 3 N–H and O–H groups in total. The summed E-state index contributed by atoms with van der Waals surface area (Å²) >= 11 is 1.53. The van der Waals surface area contributed by atoms with Gasteiger partial charge in [-0.1, -0.05) is 0 Å². The molecule has 21 heavy (non-hydrogen) atoms. The minimum Gasteiger partial charge on any atom is -0.394 e. The van der Waals surface area contributed by atoms with Crippen LogP contribution >= 0.6 is 11.3 Å². The second-order valence-corrected chi connectivity index (χ2v) is 6.50. The third kappa shape index (κ3) is 1.96. The summed E-state index contributed by atoms with van der Waals surface area (Å²) in [6.45, 7) is 1.58. The molecule has 6 nitrogen and oxygen atoms in total. The van der Waals surface area contributed by atoms with Crippen molar-refractivity contribution >= 4 is 22.9 Å². The van der Waals surface area contributed by atoms with Gasteiger partial charge in [-0.15, -0.1) is 11.3 Å². The molecular formula is C14H16N4O2S. The van der Waals surface area contributed by atoms with E-state index in [9.17, 15) is 9.90 Å². The van der Waals surface area contributed by atoms with Gasteiger partial charge in [0.2, 0.25) is 0 Å². The highest BCUT2D eigenvalue weighted by Crippen LogP contribution is 2.45. The first-order valence-electron chi connectivity index (χ1n) is 7.09. The van der Waals surface area contributed by atoms with Crippen LogP contribution < -0.4 is 10.2 Å². The number of rotatable bonds is 2. The first-order chi connectivity index (χ1) is 10.3. The van der Waals surface area contributed by atoms with Gasteiger partial charge >= 0.3 is 0 Å². The zero-order valence-electron chi connectivity index (χ0n) is 11.4. The third-order valence-corrected chi connectivity index (χ3v) is 5.38. The summed E-state index contributed by atoms with van der Waals surface area (Å²) in [5.74, 6) is -0.0746. The smallest absolute Gasteiger partial charge is 0.263 e. The quantitative estimate of drug-likeness (QED) is 0.773. The van der Waals surface area contributed by atoms with Crippen LogP contribution in [-0.4, -0.2) is 46.9 Å². The maximum atomic E-state index is 12.4. The maximum absolute atomic E-state index is 12.4. The van der Waals surface area contributed by atoms with Gasteiger partial charge < -0.3 is 15.3 Å². The van der Waals surface area contributed by atoms with E-state index in [1.54, 1.807) is 6.20 Å². The number of aliphatic hydroxyl groups excluding tert-OH is 1. The van der Waals surface area contributed by atoms with E-state index >= 15 is 0 Å². The summed E-state index contributed by atoms with van der Waals surface area (Å²) < 4.78 is 0. The summed E-state index contributed by atoms with van der Waals surface area (Å²) in [6.07, 6.45) is 5.73. The highest BCUT2D eigenvalue weighted by atomic mass is 32.1. The molecule has 2 aromatic heterocycles. The Hall–Kier alpha value is -1.86. The van der Waals surface area contributed by atoms with Gasteiger partial charge in [-0.25, -0.2) is 0 Å². The SMILES string of the molecule is O=C1N[C@@H](CO)CN2CCCc3c(-c4cn[nH]c4)sc1c32. The molecule has 2 aliphatic rings. The number of carbonyl (C=O) groups is 1. The van der Waals surface area contributed by atoms with Crippen molar-refractivity contribution in [3.63, 3.8) is 0 Å². The lowest BCUT2D eigenvalue weighted by Gasteiger charge is -2.30. The number of thiophene rings is 1. The van der Waals surface area contributed by atoms with Crippen LogP contribution in [0.5, 0.6) is 0 Å². The fraction of sp³-hybridized carbons (Fsp3) is 0.429. The molecule has 2 aromatic rings. The Morgan fingerprint density at radius 2 is 2.38 bits per heavy atom. The zero-order valence-corrected chi connectivity index (χ0v) is 12.2. The van der Waals surface area contributed by atoms with Crippen LogP contribution in [0.1, 0.15) is 21.7 Å². The van der Waals surface area contributed by atoms with Crippen molar-refractivity contribution in [2.24, 2.45) is 0 Å². The summed E-state index contributed by atoms with van der Waals surface area (Å²) in [6, 6.07) is -0.194. The molecule has 2 aliphatic heterocycles. The number of nitrogens with one attached hydrogen (secondary N) is 2. The monoisotopic (exact) mass is 304 g/mol. The number of aromatic nitrogens is 2. The largest absolute Gasteiger partial charge is 0.394 e. The standard InChI is InChI=1S/C14H16N4O2S/c19-7-9-6-18-3-1-2-10-11(18)13(14(20)17-9)21-12(10)8-4-15-16-5-8/h4-5,9,19H,1-3,6-7H2,(H,15,16)(H,17,20)/t9-/m1/s1. The second kappa shape index (κ2) is 4.85. The molecule has 0 aliphatic carbocycles. The lowest BCUT2D eigenvalue weighted by molar-refractivity contribution is 0.0928. The molecule has 7 heteroatoms. The Labute approximate surface area is 125 Å². The van der Waals surface area contributed by atoms with E-state index in [1.807, 2.05) is 6.20 Å². The summed E-state index contributed by atoms with van der Waals surface area (Å²) in [5, 5.41) is 19.2. The van der Waals surface area contributed by atoms with Crippen LogP contribution in [0, 0.1) is 0 Å². The van der Waals surface area contributed by atoms with Crippen molar-refractivity contribution in [3.8, 4) is 10.4 Å². The van der Waals surface area contributed by atoms with Gasteiger partial charge in [-0.2, -0.15) is 5.10 Å². The summed E-state index contributed by atoms with van der Waals surface area (Å²) in [5.41, 5.74) is 3.35. The van der Waals surface area contributed by atoms with Crippen LogP contribution in [0.15, 0.2) is 12.4 Å². The number of amides is 1. The molecule has 4 rings (SSSR count). The van der Waals surface area contributed by atoms with Crippen molar-refractivity contribution in [3.05, 3.63) is 22.8 Å². The molecular weight excluding hydrogens is 288 g/mol. The molecule has 0 fully saturated rings. The van der Waals surface area contributed by atoms with Crippen molar-refractivity contribution in [2.75, 3.05) is 24.6 Å². The highest BCUT2D eigenvalue weighted by molar-refractivity contribution is 7.18. The van der Waals surface area contributed by atoms with Crippen LogP contribution in [0.4, 0.5) is 5.69 Å². The molecule has 1 amide bonds.